The molecule has 0 bridgehead atoms. The second-order valence-corrected chi connectivity index (χ2v) is 6.64. The van der Waals surface area contributed by atoms with Crippen LogP contribution < -0.4 is 0 Å². The predicted molar refractivity (Wildman–Crippen MR) is 90.0 cm³/mol. The van der Waals surface area contributed by atoms with Gasteiger partial charge in [-0.3, -0.25) is 14.5 Å². The minimum absolute atomic E-state index is 0.0285. The Morgan fingerprint density at radius 3 is 2.27 bits per heavy atom. The van der Waals surface area contributed by atoms with Crippen molar-refractivity contribution < 1.29 is 19.5 Å². The zero-order valence-electron chi connectivity index (χ0n) is 14.1. The Labute approximate surface area is 149 Å². The van der Waals surface area contributed by atoms with Crippen molar-refractivity contribution in [3.05, 3.63) is 46.8 Å². The smallest absolute Gasteiger partial charge is 0.358 e. The van der Waals surface area contributed by atoms with Crippen molar-refractivity contribution in [2.75, 3.05) is 6.54 Å². The molecule has 26 heavy (non-hydrogen) atoms. The van der Waals surface area contributed by atoms with Crippen LogP contribution in [0.2, 0.25) is 0 Å². The lowest BCUT2D eigenvalue weighted by Crippen LogP contribution is -2.33. The molecule has 0 atom stereocenters. The normalized spacial score (nSPS) is 17.2. The maximum absolute atomic E-state index is 12.4. The van der Waals surface area contributed by atoms with E-state index in [0.29, 0.717) is 16.8 Å². The van der Waals surface area contributed by atoms with Gasteiger partial charge in [0.05, 0.1) is 23.4 Å². The molecule has 0 spiro atoms. The van der Waals surface area contributed by atoms with Crippen LogP contribution in [0, 0.1) is 0 Å². The Morgan fingerprint density at radius 1 is 1.08 bits per heavy atom. The number of carbonyl (C=O) groups excluding carboxylic acids is 2. The first-order valence-electron chi connectivity index (χ1n) is 8.70. The SMILES string of the molecule is O=C(O)c1nnn(CCN2C(=O)c3ccccc3C2=O)c1C1CCCC1. The average molecular weight is 354 g/mol. The van der Waals surface area contributed by atoms with Crippen LogP contribution in [0.1, 0.15) is 68.5 Å². The standard InChI is InChI=1S/C18H18N4O4/c23-16-12-7-3-4-8-13(12)17(24)21(16)9-10-22-15(11-5-1-2-6-11)14(18(25)26)19-20-22/h3-4,7-8,11H,1-2,5-6,9-10H2,(H,25,26). The third-order valence-electron chi connectivity index (χ3n) is 5.13. The summed E-state index contributed by atoms with van der Waals surface area (Å²) in [5.41, 5.74) is 1.38. The van der Waals surface area contributed by atoms with E-state index >= 15 is 0 Å². The fraction of sp³-hybridized carbons (Fsp3) is 0.389. The van der Waals surface area contributed by atoms with E-state index in [1.54, 1.807) is 28.9 Å². The van der Waals surface area contributed by atoms with E-state index in [0.717, 1.165) is 25.7 Å². The largest absolute Gasteiger partial charge is 0.476 e. The summed E-state index contributed by atoms with van der Waals surface area (Å²) in [5, 5.41) is 17.2. The highest BCUT2D eigenvalue weighted by molar-refractivity contribution is 6.21. The number of carboxylic acid groups (broad SMARTS) is 1. The third-order valence-corrected chi connectivity index (χ3v) is 5.13. The summed E-state index contributed by atoms with van der Waals surface area (Å²) in [6.45, 7) is 0.367. The van der Waals surface area contributed by atoms with Gasteiger partial charge in [-0.25, -0.2) is 9.48 Å². The Balaban J connectivity index is 1.57. The van der Waals surface area contributed by atoms with Crippen LogP contribution in [0.4, 0.5) is 0 Å². The van der Waals surface area contributed by atoms with Crippen molar-refractivity contribution in [2.24, 2.45) is 0 Å². The first-order chi connectivity index (χ1) is 12.6. The number of hydrogen-bond donors (Lipinski definition) is 1. The van der Waals surface area contributed by atoms with Crippen LogP contribution in [0.3, 0.4) is 0 Å². The molecule has 0 saturated heterocycles. The Bertz CT molecular complexity index is 863. The van der Waals surface area contributed by atoms with Gasteiger partial charge >= 0.3 is 5.97 Å². The third kappa shape index (κ3) is 2.58. The topological polar surface area (TPSA) is 105 Å². The van der Waals surface area contributed by atoms with Gasteiger partial charge in [-0.15, -0.1) is 5.10 Å². The van der Waals surface area contributed by atoms with Gasteiger partial charge in [-0.2, -0.15) is 0 Å². The molecule has 1 fully saturated rings. The highest BCUT2D eigenvalue weighted by Gasteiger charge is 2.35. The van der Waals surface area contributed by atoms with Crippen LogP contribution in [-0.4, -0.2) is 49.3 Å². The van der Waals surface area contributed by atoms with Crippen molar-refractivity contribution in [1.82, 2.24) is 19.9 Å². The predicted octanol–water partition coefficient (Wildman–Crippen LogP) is 1.93. The number of amides is 2. The number of carboxylic acids is 1. The molecule has 1 aromatic heterocycles. The van der Waals surface area contributed by atoms with E-state index in [2.05, 4.69) is 10.3 Å². The molecule has 1 saturated carbocycles. The maximum atomic E-state index is 12.4. The quantitative estimate of drug-likeness (QED) is 0.823. The molecule has 8 heteroatoms. The molecule has 8 nitrogen and oxygen atoms in total. The van der Waals surface area contributed by atoms with Crippen LogP contribution in [0.25, 0.3) is 0 Å². The van der Waals surface area contributed by atoms with E-state index in [4.69, 9.17) is 0 Å². The summed E-state index contributed by atoms with van der Waals surface area (Å²) < 4.78 is 1.54. The first-order valence-corrected chi connectivity index (χ1v) is 8.70. The molecule has 134 valence electrons. The van der Waals surface area contributed by atoms with Crippen molar-refractivity contribution in [1.29, 1.82) is 0 Å². The van der Waals surface area contributed by atoms with E-state index in [-0.39, 0.29) is 36.5 Å². The average Bonchev–Trinajstić information content (AvgIpc) is 3.34. The molecule has 2 aliphatic rings. The molecule has 2 amide bonds. The van der Waals surface area contributed by atoms with Gasteiger partial charge < -0.3 is 5.11 Å². The molecule has 1 aliphatic carbocycles. The number of aromatic nitrogens is 3. The molecule has 2 aromatic rings. The lowest BCUT2D eigenvalue weighted by atomic mass is 10.0. The van der Waals surface area contributed by atoms with Gasteiger partial charge in [0, 0.05) is 12.5 Å². The van der Waals surface area contributed by atoms with Crippen molar-refractivity contribution in [3.8, 4) is 0 Å². The van der Waals surface area contributed by atoms with E-state index in [9.17, 15) is 19.5 Å². The van der Waals surface area contributed by atoms with Gasteiger partial charge in [0.2, 0.25) is 0 Å². The molecule has 4 rings (SSSR count). The van der Waals surface area contributed by atoms with Crippen LogP contribution >= 0.6 is 0 Å². The molecular formula is C18H18N4O4. The Kier molecular flexibility index (Phi) is 4.02. The Morgan fingerprint density at radius 2 is 1.69 bits per heavy atom. The number of carbonyl (C=O) groups is 3. The minimum Gasteiger partial charge on any atom is -0.476 e. The fourth-order valence-corrected chi connectivity index (χ4v) is 3.88. The summed E-state index contributed by atoms with van der Waals surface area (Å²) in [7, 11) is 0. The lowest BCUT2D eigenvalue weighted by Gasteiger charge is -2.16. The molecule has 0 unspecified atom stereocenters. The summed E-state index contributed by atoms with van der Waals surface area (Å²) in [6.07, 6.45) is 3.90. The maximum Gasteiger partial charge on any atom is 0.358 e. The van der Waals surface area contributed by atoms with E-state index in [1.807, 2.05) is 0 Å². The summed E-state index contributed by atoms with van der Waals surface area (Å²) in [6, 6.07) is 6.72. The Hall–Kier alpha value is -3.03. The summed E-state index contributed by atoms with van der Waals surface area (Å²) in [5.74, 6) is -1.64. The molecule has 1 aliphatic heterocycles. The van der Waals surface area contributed by atoms with Gasteiger partial charge in [0.15, 0.2) is 5.69 Å². The number of hydrogen-bond acceptors (Lipinski definition) is 5. The lowest BCUT2D eigenvalue weighted by molar-refractivity contribution is 0.0641. The van der Waals surface area contributed by atoms with Crippen LogP contribution in [0.15, 0.2) is 24.3 Å². The second-order valence-electron chi connectivity index (χ2n) is 6.64. The zero-order chi connectivity index (χ0) is 18.3. The molecule has 1 N–H and O–H groups in total. The number of rotatable bonds is 5. The second kappa shape index (κ2) is 6.36. The molecule has 2 heterocycles. The summed E-state index contributed by atoms with van der Waals surface area (Å²) in [4.78, 5) is 37.6. The highest BCUT2D eigenvalue weighted by Crippen LogP contribution is 2.35. The van der Waals surface area contributed by atoms with Gasteiger partial charge in [0.1, 0.15) is 0 Å². The van der Waals surface area contributed by atoms with Crippen LogP contribution in [-0.2, 0) is 6.54 Å². The van der Waals surface area contributed by atoms with Crippen molar-refractivity contribution in [3.63, 3.8) is 0 Å². The zero-order valence-corrected chi connectivity index (χ0v) is 14.1. The van der Waals surface area contributed by atoms with Crippen molar-refractivity contribution in [2.45, 2.75) is 38.1 Å². The molecule has 1 aromatic carbocycles. The van der Waals surface area contributed by atoms with Gasteiger partial charge in [-0.05, 0) is 25.0 Å². The van der Waals surface area contributed by atoms with Gasteiger partial charge in [0.25, 0.3) is 11.8 Å². The number of imide groups is 1. The highest BCUT2D eigenvalue weighted by atomic mass is 16.4. The van der Waals surface area contributed by atoms with E-state index < -0.39 is 5.97 Å². The number of benzene rings is 1. The van der Waals surface area contributed by atoms with Crippen LogP contribution in [0.5, 0.6) is 0 Å². The van der Waals surface area contributed by atoms with E-state index in [1.165, 1.54) is 4.90 Å². The molecular weight excluding hydrogens is 336 g/mol. The first kappa shape index (κ1) is 16.4. The fourth-order valence-electron chi connectivity index (χ4n) is 3.88. The summed E-state index contributed by atoms with van der Waals surface area (Å²) >= 11 is 0. The number of nitrogens with zero attached hydrogens (tertiary/aromatic N) is 4. The van der Waals surface area contributed by atoms with Crippen molar-refractivity contribution >= 4 is 17.8 Å². The number of fused-ring (bicyclic) bond motifs is 1. The molecule has 0 radical (unpaired) electrons. The monoisotopic (exact) mass is 354 g/mol. The minimum atomic E-state index is -1.10. The van der Waals surface area contributed by atoms with Gasteiger partial charge in [-0.1, -0.05) is 30.2 Å². The number of aromatic carboxylic acids is 1.